The van der Waals surface area contributed by atoms with Crippen LogP contribution < -0.4 is 21.7 Å². The standard InChI is InChI=1S/C22H34N6O4.HI/c1-5-24-20(28-11-10-17(14-28)27-21(31)32-22(2,3)4)26-12-15-6-8-16(9-7-15)19(30)25-13-18(23)29;/h6-9,17H,5,10-14H2,1-4H3,(H2,23,29)(H,24,26)(H,25,30)(H,27,31);1H. The number of nitrogens with one attached hydrogen (secondary N) is 3. The van der Waals surface area contributed by atoms with Crippen molar-refractivity contribution in [2.75, 3.05) is 26.2 Å². The Bertz CT molecular complexity index is 838. The molecule has 184 valence electrons. The Morgan fingerprint density at radius 1 is 1.18 bits per heavy atom. The number of hydrogen-bond acceptors (Lipinski definition) is 5. The number of nitrogens with zero attached hydrogens (tertiary/aromatic N) is 2. The van der Waals surface area contributed by atoms with E-state index in [1.165, 1.54) is 0 Å². The second-order valence-electron chi connectivity index (χ2n) is 8.59. The fourth-order valence-corrected chi connectivity index (χ4v) is 3.17. The quantitative estimate of drug-likeness (QED) is 0.222. The van der Waals surface area contributed by atoms with E-state index in [-0.39, 0.29) is 42.5 Å². The number of ether oxygens (including phenoxy) is 1. The number of alkyl carbamates (subject to hydrolysis) is 1. The summed E-state index contributed by atoms with van der Waals surface area (Å²) < 4.78 is 5.34. The zero-order chi connectivity index (χ0) is 23.7. The molecule has 5 N–H and O–H groups in total. The summed E-state index contributed by atoms with van der Waals surface area (Å²) >= 11 is 0. The minimum absolute atomic E-state index is 0. The summed E-state index contributed by atoms with van der Waals surface area (Å²) in [6.07, 6.45) is 0.393. The highest BCUT2D eigenvalue weighted by molar-refractivity contribution is 14.0. The van der Waals surface area contributed by atoms with Gasteiger partial charge in [-0.3, -0.25) is 9.59 Å². The Morgan fingerprint density at radius 2 is 1.85 bits per heavy atom. The van der Waals surface area contributed by atoms with Crippen LogP contribution in [0.2, 0.25) is 0 Å². The van der Waals surface area contributed by atoms with Crippen LogP contribution in [0, 0.1) is 0 Å². The van der Waals surface area contributed by atoms with E-state index in [0.717, 1.165) is 31.0 Å². The molecule has 1 aromatic rings. The van der Waals surface area contributed by atoms with Gasteiger partial charge in [0.1, 0.15) is 5.60 Å². The molecule has 0 bridgehead atoms. The lowest BCUT2D eigenvalue weighted by atomic mass is 10.1. The summed E-state index contributed by atoms with van der Waals surface area (Å²) in [5.41, 5.74) is 5.89. The van der Waals surface area contributed by atoms with Crippen molar-refractivity contribution in [3.05, 3.63) is 35.4 Å². The number of aliphatic imine (C=N–C) groups is 1. The Morgan fingerprint density at radius 3 is 2.42 bits per heavy atom. The molecule has 1 unspecified atom stereocenters. The third-order valence-electron chi connectivity index (χ3n) is 4.59. The highest BCUT2D eigenvalue weighted by atomic mass is 127. The van der Waals surface area contributed by atoms with Gasteiger partial charge in [-0.1, -0.05) is 12.1 Å². The lowest BCUT2D eigenvalue weighted by Gasteiger charge is -2.23. The van der Waals surface area contributed by atoms with Crippen LogP contribution in [-0.4, -0.2) is 66.6 Å². The van der Waals surface area contributed by atoms with Crippen molar-refractivity contribution in [2.45, 2.75) is 52.3 Å². The van der Waals surface area contributed by atoms with Gasteiger partial charge in [0.15, 0.2) is 5.96 Å². The summed E-state index contributed by atoms with van der Waals surface area (Å²) in [6.45, 7) is 9.88. The van der Waals surface area contributed by atoms with Crippen molar-refractivity contribution >= 4 is 47.8 Å². The number of primary amides is 1. The second kappa shape index (κ2) is 13.2. The molecule has 1 aromatic carbocycles. The smallest absolute Gasteiger partial charge is 0.407 e. The molecule has 33 heavy (non-hydrogen) atoms. The van der Waals surface area contributed by atoms with Crippen LogP contribution in [0.15, 0.2) is 29.3 Å². The van der Waals surface area contributed by atoms with E-state index in [2.05, 4.69) is 20.9 Å². The highest BCUT2D eigenvalue weighted by Crippen LogP contribution is 2.13. The predicted molar refractivity (Wildman–Crippen MR) is 138 cm³/mol. The molecule has 1 heterocycles. The molecule has 10 nitrogen and oxygen atoms in total. The molecule has 1 atom stereocenters. The number of carbonyl (C=O) groups is 3. The number of hydrogen-bond donors (Lipinski definition) is 4. The molecule has 0 aromatic heterocycles. The van der Waals surface area contributed by atoms with E-state index in [9.17, 15) is 14.4 Å². The third kappa shape index (κ3) is 10.3. The minimum atomic E-state index is -0.592. The first-order chi connectivity index (χ1) is 15.1. The van der Waals surface area contributed by atoms with Gasteiger partial charge in [0, 0.05) is 25.2 Å². The summed E-state index contributed by atoms with van der Waals surface area (Å²) in [7, 11) is 0. The van der Waals surface area contributed by atoms with Gasteiger partial charge < -0.3 is 31.3 Å². The van der Waals surface area contributed by atoms with Gasteiger partial charge >= 0.3 is 6.09 Å². The number of benzene rings is 1. The fraction of sp³-hybridized carbons (Fsp3) is 0.545. The van der Waals surface area contributed by atoms with E-state index < -0.39 is 17.6 Å². The van der Waals surface area contributed by atoms with Crippen LogP contribution in [0.3, 0.4) is 0 Å². The zero-order valence-electron chi connectivity index (χ0n) is 19.6. The van der Waals surface area contributed by atoms with Gasteiger partial charge in [-0.25, -0.2) is 9.79 Å². The van der Waals surface area contributed by atoms with Crippen LogP contribution in [-0.2, 0) is 16.1 Å². The van der Waals surface area contributed by atoms with Crippen molar-refractivity contribution in [3.8, 4) is 0 Å². The van der Waals surface area contributed by atoms with Gasteiger partial charge in [0.25, 0.3) is 5.91 Å². The number of carbonyl (C=O) groups excluding carboxylic acids is 3. The molecule has 1 aliphatic heterocycles. The maximum atomic E-state index is 12.0. The zero-order valence-corrected chi connectivity index (χ0v) is 22.0. The average molecular weight is 574 g/mol. The molecule has 2 rings (SSSR count). The van der Waals surface area contributed by atoms with E-state index in [1.54, 1.807) is 12.1 Å². The normalized spacial score (nSPS) is 15.9. The molecule has 0 saturated carbocycles. The van der Waals surface area contributed by atoms with Crippen LogP contribution in [0.4, 0.5) is 4.79 Å². The van der Waals surface area contributed by atoms with Gasteiger partial charge in [-0.05, 0) is 51.8 Å². The molecule has 1 saturated heterocycles. The van der Waals surface area contributed by atoms with E-state index in [4.69, 9.17) is 15.5 Å². The second-order valence-corrected chi connectivity index (χ2v) is 8.59. The molecular weight excluding hydrogens is 539 g/mol. The van der Waals surface area contributed by atoms with Crippen molar-refractivity contribution in [1.29, 1.82) is 0 Å². The summed E-state index contributed by atoms with van der Waals surface area (Å²) in [5, 5.41) is 8.66. The molecule has 0 radical (unpaired) electrons. The number of amides is 3. The summed E-state index contributed by atoms with van der Waals surface area (Å²) in [6, 6.07) is 7.01. The van der Waals surface area contributed by atoms with Gasteiger partial charge in [0.05, 0.1) is 19.1 Å². The van der Waals surface area contributed by atoms with Crippen LogP contribution >= 0.6 is 24.0 Å². The topological polar surface area (TPSA) is 138 Å². The molecule has 1 aliphatic rings. The Labute approximate surface area is 212 Å². The third-order valence-corrected chi connectivity index (χ3v) is 4.59. The number of rotatable bonds is 7. The first-order valence-electron chi connectivity index (χ1n) is 10.8. The van der Waals surface area contributed by atoms with Crippen LogP contribution in [0.1, 0.15) is 50.0 Å². The maximum Gasteiger partial charge on any atom is 0.407 e. The molecule has 0 spiro atoms. The molecular formula is C22H35IN6O4. The SMILES string of the molecule is CCNC(=NCc1ccc(C(=O)NCC(N)=O)cc1)N1CCC(NC(=O)OC(C)(C)C)C1.I. The van der Waals surface area contributed by atoms with Crippen molar-refractivity contribution in [3.63, 3.8) is 0 Å². The lowest BCUT2D eigenvalue weighted by Crippen LogP contribution is -2.44. The average Bonchev–Trinajstić information content (AvgIpc) is 3.16. The van der Waals surface area contributed by atoms with E-state index >= 15 is 0 Å². The van der Waals surface area contributed by atoms with Crippen molar-refractivity contribution < 1.29 is 19.1 Å². The van der Waals surface area contributed by atoms with Gasteiger partial charge in [0.2, 0.25) is 5.91 Å². The van der Waals surface area contributed by atoms with Crippen LogP contribution in [0.25, 0.3) is 0 Å². The first kappa shape index (κ1) is 28.5. The number of likely N-dealkylation sites (tertiary alicyclic amines) is 1. The summed E-state index contributed by atoms with van der Waals surface area (Å²) in [5.74, 6) is -0.178. The van der Waals surface area contributed by atoms with E-state index in [0.29, 0.717) is 18.7 Å². The summed E-state index contributed by atoms with van der Waals surface area (Å²) in [4.78, 5) is 41.6. The van der Waals surface area contributed by atoms with Gasteiger partial charge in [-0.2, -0.15) is 0 Å². The predicted octanol–water partition coefficient (Wildman–Crippen LogP) is 1.58. The number of guanidine groups is 1. The lowest BCUT2D eigenvalue weighted by molar-refractivity contribution is -0.117. The maximum absolute atomic E-state index is 12.0. The molecule has 11 heteroatoms. The number of nitrogens with two attached hydrogens (primary N) is 1. The number of halogens is 1. The first-order valence-corrected chi connectivity index (χ1v) is 10.8. The van der Waals surface area contributed by atoms with Crippen molar-refractivity contribution in [2.24, 2.45) is 10.7 Å². The largest absolute Gasteiger partial charge is 0.444 e. The minimum Gasteiger partial charge on any atom is -0.444 e. The fourth-order valence-electron chi connectivity index (χ4n) is 3.17. The molecule has 0 aliphatic carbocycles. The Balaban J connectivity index is 0.00000544. The molecule has 1 fully saturated rings. The highest BCUT2D eigenvalue weighted by Gasteiger charge is 2.27. The Hall–Kier alpha value is -2.57. The van der Waals surface area contributed by atoms with E-state index in [1.807, 2.05) is 39.8 Å². The van der Waals surface area contributed by atoms with Crippen LogP contribution in [0.5, 0.6) is 0 Å². The monoisotopic (exact) mass is 574 g/mol. The Kier molecular flexibility index (Phi) is 11.4. The van der Waals surface area contributed by atoms with Gasteiger partial charge in [-0.15, -0.1) is 24.0 Å². The molecule has 3 amide bonds. The van der Waals surface area contributed by atoms with Crippen molar-refractivity contribution in [1.82, 2.24) is 20.9 Å².